The van der Waals surface area contributed by atoms with Crippen LogP contribution in [0.4, 0.5) is 0 Å². The van der Waals surface area contributed by atoms with E-state index in [-0.39, 0.29) is 4.90 Å². The quantitative estimate of drug-likeness (QED) is 0.406. The molecule has 0 bridgehead atoms. The minimum absolute atomic E-state index is 0.0517. The number of unbranched alkanes of at least 4 members (excludes halogenated alkanes) is 1. The van der Waals surface area contributed by atoms with Gasteiger partial charge in [-0.15, -0.1) is 15.0 Å². The predicted octanol–water partition coefficient (Wildman–Crippen LogP) is 2.90. The van der Waals surface area contributed by atoms with Gasteiger partial charge in [0.1, 0.15) is 11.8 Å². The van der Waals surface area contributed by atoms with Gasteiger partial charge in [0.2, 0.25) is 15.8 Å². The van der Waals surface area contributed by atoms with Crippen molar-refractivity contribution in [3.8, 4) is 22.8 Å². The SMILES string of the molecule is CCCCOc1ccc(-n2nnc(-c3ccc(S(=O)(=O)NC(C(=O)O)C(C)C)cc3)n2)cc1. The number of tetrazole rings is 1. The minimum atomic E-state index is -4.00. The highest BCUT2D eigenvalue weighted by molar-refractivity contribution is 7.89. The molecule has 1 unspecified atom stereocenters. The Balaban J connectivity index is 1.72. The van der Waals surface area contributed by atoms with E-state index in [4.69, 9.17) is 4.74 Å². The van der Waals surface area contributed by atoms with E-state index in [1.165, 1.54) is 16.9 Å². The third-order valence-electron chi connectivity index (χ3n) is 4.89. The molecule has 11 heteroatoms. The van der Waals surface area contributed by atoms with Gasteiger partial charge < -0.3 is 9.84 Å². The molecule has 1 aromatic heterocycles. The van der Waals surface area contributed by atoms with Crippen molar-refractivity contribution < 1.29 is 23.1 Å². The van der Waals surface area contributed by atoms with Crippen LogP contribution in [-0.4, -0.2) is 52.3 Å². The minimum Gasteiger partial charge on any atom is -0.494 e. The van der Waals surface area contributed by atoms with Crippen LogP contribution >= 0.6 is 0 Å². The fraction of sp³-hybridized carbons (Fsp3) is 0.364. The van der Waals surface area contributed by atoms with Crippen LogP contribution in [-0.2, 0) is 14.8 Å². The average Bonchev–Trinajstić information content (AvgIpc) is 3.28. The zero-order valence-electron chi connectivity index (χ0n) is 18.7. The summed E-state index contributed by atoms with van der Waals surface area (Å²) in [6.45, 7) is 6.03. The second kappa shape index (κ2) is 10.5. The van der Waals surface area contributed by atoms with E-state index in [1.54, 1.807) is 26.0 Å². The molecule has 0 aliphatic rings. The van der Waals surface area contributed by atoms with Crippen LogP contribution in [0.5, 0.6) is 5.75 Å². The number of rotatable bonds is 11. The Morgan fingerprint density at radius 1 is 1.12 bits per heavy atom. The molecule has 0 amide bonds. The third kappa shape index (κ3) is 6.14. The van der Waals surface area contributed by atoms with Gasteiger partial charge in [-0.05, 0) is 66.1 Å². The Morgan fingerprint density at radius 2 is 1.79 bits per heavy atom. The summed E-state index contributed by atoms with van der Waals surface area (Å²) in [7, 11) is -4.00. The maximum atomic E-state index is 12.6. The first-order valence-electron chi connectivity index (χ1n) is 10.6. The number of aromatic nitrogens is 4. The van der Waals surface area contributed by atoms with E-state index in [0.29, 0.717) is 23.7 Å². The lowest BCUT2D eigenvalue weighted by Crippen LogP contribution is -2.44. The number of sulfonamides is 1. The van der Waals surface area contributed by atoms with Gasteiger partial charge in [0.25, 0.3) is 0 Å². The molecular weight excluding hydrogens is 446 g/mol. The van der Waals surface area contributed by atoms with Crippen LogP contribution < -0.4 is 9.46 Å². The first-order valence-corrected chi connectivity index (χ1v) is 12.1. The number of carboxylic acids is 1. The van der Waals surface area contributed by atoms with Gasteiger partial charge in [-0.3, -0.25) is 4.79 Å². The molecule has 33 heavy (non-hydrogen) atoms. The molecule has 1 atom stereocenters. The van der Waals surface area contributed by atoms with Crippen LogP contribution in [0.25, 0.3) is 17.1 Å². The molecule has 176 valence electrons. The summed E-state index contributed by atoms with van der Waals surface area (Å²) < 4.78 is 33.0. The topological polar surface area (TPSA) is 136 Å². The van der Waals surface area contributed by atoms with Crippen molar-refractivity contribution in [2.24, 2.45) is 5.92 Å². The number of aliphatic carboxylic acids is 1. The van der Waals surface area contributed by atoms with Crippen molar-refractivity contribution in [3.05, 3.63) is 48.5 Å². The summed E-state index contributed by atoms with van der Waals surface area (Å²) in [5, 5.41) is 21.7. The number of nitrogens with one attached hydrogen (secondary N) is 1. The highest BCUT2D eigenvalue weighted by Crippen LogP contribution is 2.20. The average molecular weight is 474 g/mol. The first kappa shape index (κ1) is 24.3. The Hall–Kier alpha value is -3.31. The predicted molar refractivity (Wildman–Crippen MR) is 122 cm³/mol. The molecule has 3 rings (SSSR count). The number of carbonyl (C=O) groups is 1. The first-order chi connectivity index (χ1) is 15.7. The zero-order valence-corrected chi connectivity index (χ0v) is 19.5. The smallest absolute Gasteiger partial charge is 0.322 e. The summed E-state index contributed by atoms with van der Waals surface area (Å²) in [4.78, 5) is 12.6. The van der Waals surface area contributed by atoms with Crippen LogP contribution in [0.3, 0.4) is 0 Å². The molecule has 0 aliphatic heterocycles. The number of carboxylic acid groups (broad SMARTS) is 1. The molecule has 0 aliphatic carbocycles. The van der Waals surface area contributed by atoms with Gasteiger partial charge in [0.15, 0.2) is 0 Å². The second-order valence-corrected chi connectivity index (χ2v) is 9.52. The molecule has 2 N–H and O–H groups in total. The second-order valence-electron chi connectivity index (χ2n) is 7.80. The Bertz CT molecular complexity index is 1170. The number of hydrogen-bond donors (Lipinski definition) is 2. The van der Waals surface area contributed by atoms with E-state index in [9.17, 15) is 18.3 Å². The number of hydrogen-bond acceptors (Lipinski definition) is 7. The van der Waals surface area contributed by atoms with Crippen molar-refractivity contribution in [2.75, 3.05) is 6.61 Å². The Morgan fingerprint density at radius 3 is 2.36 bits per heavy atom. The van der Waals surface area contributed by atoms with E-state index in [0.717, 1.165) is 18.6 Å². The summed E-state index contributed by atoms with van der Waals surface area (Å²) in [5.41, 5.74) is 1.27. The van der Waals surface area contributed by atoms with Crippen LogP contribution in [0.1, 0.15) is 33.6 Å². The highest BCUT2D eigenvalue weighted by atomic mass is 32.2. The van der Waals surface area contributed by atoms with Crippen molar-refractivity contribution >= 4 is 16.0 Å². The fourth-order valence-electron chi connectivity index (χ4n) is 2.94. The summed E-state index contributed by atoms with van der Waals surface area (Å²) in [5.74, 6) is -0.555. The van der Waals surface area contributed by atoms with Gasteiger partial charge in [0, 0.05) is 5.56 Å². The molecule has 0 saturated carbocycles. The summed E-state index contributed by atoms with van der Waals surface area (Å²) >= 11 is 0. The van der Waals surface area contributed by atoms with Gasteiger partial charge in [-0.1, -0.05) is 27.2 Å². The van der Waals surface area contributed by atoms with Crippen molar-refractivity contribution in [3.63, 3.8) is 0 Å². The molecule has 3 aromatic rings. The lowest BCUT2D eigenvalue weighted by molar-refractivity contribution is -0.140. The van der Waals surface area contributed by atoms with E-state index < -0.39 is 28.0 Å². The van der Waals surface area contributed by atoms with Crippen LogP contribution in [0.15, 0.2) is 53.4 Å². The van der Waals surface area contributed by atoms with Gasteiger partial charge in [-0.25, -0.2) is 8.42 Å². The largest absolute Gasteiger partial charge is 0.494 e. The van der Waals surface area contributed by atoms with Crippen molar-refractivity contribution in [2.45, 2.75) is 44.6 Å². The van der Waals surface area contributed by atoms with E-state index in [2.05, 4.69) is 27.1 Å². The summed E-state index contributed by atoms with van der Waals surface area (Å²) in [6, 6.07) is 11.9. The van der Waals surface area contributed by atoms with Crippen LogP contribution in [0.2, 0.25) is 0 Å². The standard InChI is InChI=1S/C22H27N5O5S/c1-4-5-14-32-18-10-8-17(9-11-18)27-24-21(23-26-27)16-6-12-19(13-7-16)33(30,31)25-20(15(2)3)22(28)29/h6-13,15,20,25H,4-5,14H2,1-3H3,(H,28,29). The maximum absolute atomic E-state index is 12.6. The lowest BCUT2D eigenvalue weighted by Gasteiger charge is -2.18. The van der Waals surface area contributed by atoms with Gasteiger partial charge >= 0.3 is 5.97 Å². The number of nitrogens with zero attached hydrogens (tertiary/aromatic N) is 4. The van der Waals surface area contributed by atoms with Crippen molar-refractivity contribution in [1.29, 1.82) is 0 Å². The molecule has 0 fully saturated rings. The zero-order chi connectivity index (χ0) is 24.0. The monoisotopic (exact) mass is 473 g/mol. The molecule has 0 saturated heterocycles. The van der Waals surface area contributed by atoms with E-state index >= 15 is 0 Å². The number of ether oxygens (including phenoxy) is 1. The molecule has 1 heterocycles. The Kier molecular flexibility index (Phi) is 7.77. The Labute approximate surface area is 192 Å². The third-order valence-corrected chi connectivity index (χ3v) is 6.34. The van der Waals surface area contributed by atoms with Gasteiger partial charge in [0.05, 0.1) is 17.2 Å². The normalized spacial score (nSPS) is 12.6. The molecule has 0 radical (unpaired) electrons. The molecule has 0 spiro atoms. The van der Waals surface area contributed by atoms with Crippen LogP contribution in [0, 0.1) is 5.92 Å². The maximum Gasteiger partial charge on any atom is 0.322 e. The summed E-state index contributed by atoms with van der Waals surface area (Å²) in [6.07, 6.45) is 2.05. The molecule has 10 nitrogen and oxygen atoms in total. The fourth-order valence-corrected chi connectivity index (χ4v) is 4.28. The van der Waals surface area contributed by atoms with Gasteiger partial charge in [-0.2, -0.15) is 4.72 Å². The highest BCUT2D eigenvalue weighted by Gasteiger charge is 2.28. The van der Waals surface area contributed by atoms with E-state index in [1.807, 2.05) is 24.3 Å². The molecule has 2 aromatic carbocycles. The molecular formula is C22H27N5O5S. The van der Waals surface area contributed by atoms with Crippen molar-refractivity contribution in [1.82, 2.24) is 24.9 Å². The lowest BCUT2D eigenvalue weighted by atomic mass is 10.1. The number of benzene rings is 2.